The number of nitrogens with zero attached hydrogens (tertiary/aromatic N) is 3. The van der Waals surface area contributed by atoms with Gasteiger partial charge in [0, 0.05) is 12.6 Å². The highest BCUT2D eigenvalue weighted by atomic mass is 32.2. The normalized spacial score (nSPS) is 12.7. The third-order valence-corrected chi connectivity index (χ3v) is 3.97. The topological polar surface area (TPSA) is 85.8 Å². The Hall–Kier alpha value is -1.08. The van der Waals surface area contributed by atoms with Gasteiger partial charge in [0.1, 0.15) is 5.82 Å². The fourth-order valence-electron chi connectivity index (χ4n) is 1.79. The van der Waals surface area contributed by atoms with E-state index < -0.39 is 0 Å². The molecule has 1 heterocycles. The molecule has 0 bridgehead atoms. The van der Waals surface area contributed by atoms with E-state index in [0.29, 0.717) is 6.54 Å². The molecule has 20 heavy (non-hydrogen) atoms. The summed E-state index contributed by atoms with van der Waals surface area (Å²) >= 11 is 1.42. The van der Waals surface area contributed by atoms with Gasteiger partial charge < -0.3 is 15.6 Å². The van der Waals surface area contributed by atoms with Crippen LogP contribution in [-0.2, 0) is 11.3 Å². The summed E-state index contributed by atoms with van der Waals surface area (Å²) in [6.07, 6.45) is 2.08. The van der Waals surface area contributed by atoms with Crippen molar-refractivity contribution >= 4 is 17.7 Å². The zero-order valence-corrected chi connectivity index (χ0v) is 13.5. The fourth-order valence-corrected chi connectivity index (χ4v) is 2.81. The molecule has 1 amide bonds. The van der Waals surface area contributed by atoms with Crippen LogP contribution in [0.2, 0.25) is 0 Å². The first-order chi connectivity index (χ1) is 9.51. The fraction of sp³-hybridized carbons (Fsp3) is 0.769. The highest BCUT2D eigenvalue weighted by Gasteiger charge is 2.20. The average Bonchev–Trinajstić information content (AvgIpc) is 2.81. The SMILES string of the molecule is CCCCNC(=O)C(C)Sc1nnc(CN)n1C(C)C. The molecule has 0 aliphatic heterocycles. The Bertz CT molecular complexity index is 432. The minimum absolute atomic E-state index is 0.0380. The number of carbonyl (C=O) groups excluding carboxylic acids is 1. The molecule has 6 nitrogen and oxygen atoms in total. The Kier molecular flexibility index (Phi) is 7.01. The molecule has 114 valence electrons. The van der Waals surface area contributed by atoms with E-state index in [1.165, 1.54) is 11.8 Å². The van der Waals surface area contributed by atoms with Gasteiger partial charge >= 0.3 is 0 Å². The lowest BCUT2D eigenvalue weighted by atomic mass is 10.3. The third kappa shape index (κ3) is 4.49. The maximum absolute atomic E-state index is 12.0. The number of unbranched alkanes of at least 4 members (excludes halogenated alkanes) is 1. The summed E-state index contributed by atoms with van der Waals surface area (Å²) in [4.78, 5) is 12.0. The second-order valence-corrected chi connectivity index (χ2v) is 6.28. The van der Waals surface area contributed by atoms with Crippen LogP contribution in [-0.4, -0.2) is 32.5 Å². The van der Waals surface area contributed by atoms with E-state index in [-0.39, 0.29) is 17.2 Å². The summed E-state index contributed by atoms with van der Waals surface area (Å²) < 4.78 is 1.99. The second-order valence-electron chi connectivity index (χ2n) is 4.97. The van der Waals surface area contributed by atoms with Gasteiger partial charge in [0.2, 0.25) is 5.91 Å². The third-order valence-electron chi connectivity index (χ3n) is 2.92. The smallest absolute Gasteiger partial charge is 0.233 e. The number of aromatic nitrogens is 3. The molecule has 3 N–H and O–H groups in total. The number of thioether (sulfide) groups is 1. The van der Waals surface area contributed by atoms with E-state index >= 15 is 0 Å². The minimum atomic E-state index is -0.195. The van der Waals surface area contributed by atoms with Crippen molar-refractivity contribution in [2.75, 3.05) is 6.54 Å². The quantitative estimate of drug-likeness (QED) is 0.564. The molecule has 0 radical (unpaired) electrons. The van der Waals surface area contributed by atoms with Crippen LogP contribution in [0.1, 0.15) is 52.4 Å². The summed E-state index contributed by atoms with van der Waals surface area (Å²) in [7, 11) is 0. The van der Waals surface area contributed by atoms with Crippen LogP contribution in [0.3, 0.4) is 0 Å². The molecule has 7 heteroatoms. The van der Waals surface area contributed by atoms with Crippen molar-refractivity contribution < 1.29 is 4.79 Å². The molecular formula is C13H25N5OS. The van der Waals surface area contributed by atoms with Crippen molar-refractivity contribution in [2.45, 2.75) is 63.5 Å². The number of hydrogen-bond acceptors (Lipinski definition) is 5. The Balaban J connectivity index is 2.68. The maximum Gasteiger partial charge on any atom is 0.233 e. The first kappa shape index (κ1) is 17.0. The number of amides is 1. The lowest BCUT2D eigenvalue weighted by Crippen LogP contribution is -2.31. The molecule has 1 atom stereocenters. The van der Waals surface area contributed by atoms with Gasteiger partial charge in [-0.1, -0.05) is 25.1 Å². The standard InChI is InChI=1S/C13H25N5OS/c1-5-6-7-15-12(19)10(4)20-13-17-16-11(8-14)18(13)9(2)3/h9-10H,5-8,14H2,1-4H3,(H,15,19). The lowest BCUT2D eigenvalue weighted by molar-refractivity contribution is -0.120. The summed E-state index contributed by atoms with van der Waals surface area (Å²) in [5, 5.41) is 11.7. The molecule has 0 spiro atoms. The molecule has 0 saturated heterocycles. The van der Waals surface area contributed by atoms with Crippen LogP contribution in [0.25, 0.3) is 0 Å². The molecule has 1 rings (SSSR count). The van der Waals surface area contributed by atoms with Gasteiger partial charge in [0.15, 0.2) is 5.16 Å². The van der Waals surface area contributed by atoms with E-state index in [0.717, 1.165) is 30.4 Å². The Labute approximate surface area is 124 Å². The minimum Gasteiger partial charge on any atom is -0.355 e. The van der Waals surface area contributed by atoms with Gasteiger partial charge in [0.25, 0.3) is 0 Å². The molecule has 1 unspecified atom stereocenters. The number of nitrogens with one attached hydrogen (secondary N) is 1. The van der Waals surface area contributed by atoms with Crippen molar-refractivity contribution in [3.8, 4) is 0 Å². The Morgan fingerprint density at radius 2 is 2.10 bits per heavy atom. The van der Waals surface area contributed by atoms with Crippen LogP contribution < -0.4 is 11.1 Å². The maximum atomic E-state index is 12.0. The summed E-state index contributed by atoms with van der Waals surface area (Å²) in [5.41, 5.74) is 5.66. The van der Waals surface area contributed by atoms with Gasteiger partial charge in [-0.15, -0.1) is 10.2 Å². The van der Waals surface area contributed by atoms with Crippen molar-refractivity contribution in [1.82, 2.24) is 20.1 Å². The van der Waals surface area contributed by atoms with E-state index in [4.69, 9.17) is 5.73 Å². The summed E-state index contributed by atoms with van der Waals surface area (Å²) in [6.45, 7) is 9.17. The molecular weight excluding hydrogens is 274 g/mol. The first-order valence-electron chi connectivity index (χ1n) is 7.09. The van der Waals surface area contributed by atoms with E-state index in [1.807, 2.05) is 11.5 Å². The van der Waals surface area contributed by atoms with Gasteiger partial charge in [-0.2, -0.15) is 0 Å². The number of hydrogen-bond donors (Lipinski definition) is 2. The van der Waals surface area contributed by atoms with Crippen LogP contribution in [0.4, 0.5) is 0 Å². The van der Waals surface area contributed by atoms with Gasteiger partial charge in [-0.3, -0.25) is 4.79 Å². The molecule has 1 aromatic heterocycles. The predicted octanol–water partition coefficient (Wildman–Crippen LogP) is 1.71. The van der Waals surface area contributed by atoms with E-state index in [9.17, 15) is 4.79 Å². The van der Waals surface area contributed by atoms with E-state index in [1.54, 1.807) is 0 Å². The van der Waals surface area contributed by atoms with Crippen LogP contribution in [0.5, 0.6) is 0 Å². The van der Waals surface area contributed by atoms with Crippen LogP contribution in [0, 0.1) is 0 Å². The summed E-state index contributed by atoms with van der Waals surface area (Å²) in [6, 6.07) is 0.224. The molecule has 0 aromatic carbocycles. The highest BCUT2D eigenvalue weighted by Crippen LogP contribution is 2.25. The number of rotatable bonds is 8. The molecule has 0 aliphatic rings. The van der Waals surface area contributed by atoms with Gasteiger partial charge in [-0.25, -0.2) is 0 Å². The largest absolute Gasteiger partial charge is 0.355 e. The Morgan fingerprint density at radius 3 is 2.65 bits per heavy atom. The predicted molar refractivity (Wildman–Crippen MR) is 81.5 cm³/mol. The first-order valence-corrected chi connectivity index (χ1v) is 7.97. The van der Waals surface area contributed by atoms with Crippen LogP contribution >= 0.6 is 11.8 Å². The molecule has 0 fully saturated rings. The van der Waals surface area contributed by atoms with Crippen molar-refractivity contribution in [1.29, 1.82) is 0 Å². The molecule has 1 aromatic rings. The van der Waals surface area contributed by atoms with E-state index in [2.05, 4.69) is 36.3 Å². The summed E-state index contributed by atoms with van der Waals surface area (Å²) in [5.74, 6) is 0.789. The van der Waals surface area contributed by atoms with Crippen molar-refractivity contribution in [3.63, 3.8) is 0 Å². The number of nitrogens with two attached hydrogens (primary N) is 1. The lowest BCUT2D eigenvalue weighted by Gasteiger charge is -2.15. The number of carbonyl (C=O) groups is 1. The Morgan fingerprint density at radius 1 is 1.40 bits per heavy atom. The van der Waals surface area contributed by atoms with Crippen molar-refractivity contribution in [3.05, 3.63) is 5.82 Å². The van der Waals surface area contributed by atoms with Gasteiger partial charge in [0.05, 0.1) is 11.8 Å². The monoisotopic (exact) mass is 299 g/mol. The zero-order chi connectivity index (χ0) is 15.1. The molecule has 0 aliphatic carbocycles. The zero-order valence-electron chi connectivity index (χ0n) is 12.7. The molecule has 0 saturated carbocycles. The van der Waals surface area contributed by atoms with Crippen molar-refractivity contribution in [2.24, 2.45) is 5.73 Å². The second kappa shape index (κ2) is 8.26. The average molecular weight is 299 g/mol. The van der Waals surface area contributed by atoms with Gasteiger partial charge in [-0.05, 0) is 27.2 Å². The van der Waals surface area contributed by atoms with Crippen LogP contribution in [0.15, 0.2) is 5.16 Å². The highest BCUT2D eigenvalue weighted by molar-refractivity contribution is 8.00.